The van der Waals surface area contributed by atoms with Gasteiger partial charge in [-0.25, -0.2) is 0 Å². The Bertz CT molecular complexity index is 136. The molecule has 0 aliphatic heterocycles. The first kappa shape index (κ1) is 11.7. The molecule has 0 saturated carbocycles. The van der Waals surface area contributed by atoms with Gasteiger partial charge in [-0.2, -0.15) is 0 Å². The van der Waals surface area contributed by atoms with Crippen LogP contribution in [0.25, 0.3) is 0 Å². The molecule has 0 spiro atoms. The van der Waals surface area contributed by atoms with E-state index in [0.717, 1.165) is 12.3 Å². The second-order valence-electron chi connectivity index (χ2n) is 3.80. The first-order chi connectivity index (χ1) is 5.61. The van der Waals surface area contributed by atoms with E-state index in [1.165, 1.54) is 12.0 Å². The van der Waals surface area contributed by atoms with Gasteiger partial charge < -0.3 is 5.32 Å². The molecule has 12 heavy (non-hydrogen) atoms. The Kier molecular flexibility index (Phi) is 6.09. The van der Waals surface area contributed by atoms with Gasteiger partial charge in [-0.3, -0.25) is 0 Å². The molecule has 1 N–H and O–H groups in total. The van der Waals surface area contributed by atoms with Crippen LogP contribution in [0, 0.1) is 5.92 Å². The predicted molar refractivity (Wildman–Crippen MR) is 56.4 cm³/mol. The monoisotopic (exact) mass is 169 g/mol. The summed E-state index contributed by atoms with van der Waals surface area (Å²) in [6.07, 6.45) is 4.65. The van der Waals surface area contributed by atoms with Crippen LogP contribution in [-0.4, -0.2) is 13.1 Å². The fraction of sp³-hybridized carbons (Fsp3) is 0.818. The van der Waals surface area contributed by atoms with Crippen molar-refractivity contribution >= 4 is 0 Å². The molecule has 0 saturated heterocycles. The average Bonchev–Trinajstić information content (AvgIpc) is 2.00. The average molecular weight is 169 g/mol. The van der Waals surface area contributed by atoms with Crippen molar-refractivity contribution < 1.29 is 0 Å². The zero-order chi connectivity index (χ0) is 9.56. The minimum atomic E-state index is 0.632. The summed E-state index contributed by atoms with van der Waals surface area (Å²) in [7, 11) is 2.05. The highest BCUT2D eigenvalue weighted by Gasteiger charge is 2.10. The summed E-state index contributed by atoms with van der Waals surface area (Å²) >= 11 is 0. The summed E-state index contributed by atoms with van der Waals surface area (Å²) in [5.41, 5.74) is 1.51. The Morgan fingerprint density at radius 2 is 2.00 bits per heavy atom. The number of nitrogens with one attached hydrogen (secondary N) is 1. The maximum atomic E-state index is 3.35. The molecule has 0 aromatic rings. The predicted octanol–water partition coefficient (Wildman–Crippen LogP) is 2.98. The van der Waals surface area contributed by atoms with E-state index in [0.29, 0.717) is 6.04 Å². The highest BCUT2D eigenvalue weighted by atomic mass is 14.9. The van der Waals surface area contributed by atoms with Crippen LogP contribution in [0.15, 0.2) is 11.6 Å². The second kappa shape index (κ2) is 6.24. The van der Waals surface area contributed by atoms with Crippen molar-refractivity contribution in [2.24, 2.45) is 5.92 Å². The molecule has 0 aliphatic carbocycles. The van der Waals surface area contributed by atoms with Crippen LogP contribution < -0.4 is 5.32 Å². The quantitative estimate of drug-likeness (QED) is 0.624. The van der Waals surface area contributed by atoms with Gasteiger partial charge in [0.25, 0.3) is 0 Å². The van der Waals surface area contributed by atoms with Gasteiger partial charge in [0.2, 0.25) is 0 Å². The lowest BCUT2D eigenvalue weighted by atomic mass is 9.97. The fourth-order valence-electron chi connectivity index (χ4n) is 1.45. The first-order valence-electron chi connectivity index (χ1n) is 4.94. The van der Waals surface area contributed by atoms with Crippen LogP contribution in [0.2, 0.25) is 0 Å². The molecule has 0 radical (unpaired) electrons. The summed E-state index contributed by atoms with van der Waals surface area (Å²) in [6, 6.07) is 0.632. The Balaban J connectivity index is 3.93. The summed E-state index contributed by atoms with van der Waals surface area (Å²) in [5, 5.41) is 3.35. The molecule has 72 valence electrons. The van der Waals surface area contributed by atoms with Crippen molar-refractivity contribution in [3.05, 3.63) is 11.6 Å². The Morgan fingerprint density at radius 1 is 1.42 bits per heavy atom. The lowest BCUT2D eigenvalue weighted by Crippen LogP contribution is -2.30. The van der Waals surface area contributed by atoms with E-state index in [-0.39, 0.29) is 0 Å². The van der Waals surface area contributed by atoms with Crippen LogP contribution in [0.1, 0.15) is 40.5 Å². The Morgan fingerprint density at radius 3 is 2.33 bits per heavy atom. The van der Waals surface area contributed by atoms with Crippen LogP contribution in [0.3, 0.4) is 0 Å². The van der Waals surface area contributed by atoms with E-state index in [1.54, 1.807) is 0 Å². The molecule has 0 aromatic heterocycles. The molecule has 0 heterocycles. The normalized spacial score (nSPS) is 15.3. The molecule has 1 heteroatoms. The molecule has 0 aromatic carbocycles. The smallest absolute Gasteiger partial charge is 0.0124 e. The van der Waals surface area contributed by atoms with E-state index < -0.39 is 0 Å². The third-order valence-electron chi connectivity index (χ3n) is 2.27. The van der Waals surface area contributed by atoms with E-state index in [9.17, 15) is 0 Å². The fourth-order valence-corrected chi connectivity index (χ4v) is 1.45. The van der Waals surface area contributed by atoms with E-state index in [4.69, 9.17) is 0 Å². The Labute approximate surface area is 77.2 Å². The Hall–Kier alpha value is -0.300. The standard InChI is InChI=1S/C11H23N/c1-6-7-10(4)8-11(12-5)9(2)3/h7,9,11-12H,6,8H2,1-5H3/b10-7-. The van der Waals surface area contributed by atoms with Gasteiger partial charge in [-0.15, -0.1) is 0 Å². The van der Waals surface area contributed by atoms with Crippen LogP contribution >= 0.6 is 0 Å². The van der Waals surface area contributed by atoms with Crippen molar-refractivity contribution in [1.29, 1.82) is 0 Å². The van der Waals surface area contributed by atoms with Gasteiger partial charge in [0.15, 0.2) is 0 Å². The zero-order valence-corrected chi connectivity index (χ0v) is 9.15. The lowest BCUT2D eigenvalue weighted by molar-refractivity contribution is 0.423. The molecule has 0 aliphatic rings. The molecule has 0 fully saturated rings. The molecule has 0 rings (SSSR count). The van der Waals surface area contributed by atoms with Gasteiger partial charge in [-0.1, -0.05) is 32.4 Å². The van der Waals surface area contributed by atoms with Crippen molar-refractivity contribution in [2.45, 2.75) is 46.6 Å². The van der Waals surface area contributed by atoms with Gasteiger partial charge >= 0.3 is 0 Å². The highest BCUT2D eigenvalue weighted by molar-refractivity contribution is 5.00. The number of hydrogen-bond donors (Lipinski definition) is 1. The maximum Gasteiger partial charge on any atom is 0.0124 e. The lowest BCUT2D eigenvalue weighted by Gasteiger charge is -2.20. The number of rotatable bonds is 5. The van der Waals surface area contributed by atoms with Gasteiger partial charge in [0, 0.05) is 6.04 Å². The van der Waals surface area contributed by atoms with Crippen LogP contribution in [-0.2, 0) is 0 Å². The van der Waals surface area contributed by atoms with Crippen molar-refractivity contribution in [3.8, 4) is 0 Å². The minimum Gasteiger partial charge on any atom is -0.316 e. The summed E-state index contributed by atoms with van der Waals surface area (Å²) in [4.78, 5) is 0. The first-order valence-corrected chi connectivity index (χ1v) is 4.94. The molecular weight excluding hydrogens is 146 g/mol. The molecule has 0 bridgehead atoms. The third-order valence-corrected chi connectivity index (χ3v) is 2.27. The van der Waals surface area contributed by atoms with Gasteiger partial charge in [0.05, 0.1) is 0 Å². The molecule has 1 unspecified atom stereocenters. The molecule has 1 nitrogen and oxygen atoms in total. The summed E-state index contributed by atoms with van der Waals surface area (Å²) in [6.45, 7) is 8.93. The minimum absolute atomic E-state index is 0.632. The molecule has 0 amide bonds. The van der Waals surface area contributed by atoms with Crippen molar-refractivity contribution in [1.82, 2.24) is 5.32 Å². The van der Waals surface area contributed by atoms with E-state index in [1.807, 2.05) is 7.05 Å². The third kappa shape index (κ3) is 4.55. The van der Waals surface area contributed by atoms with Gasteiger partial charge in [0.1, 0.15) is 0 Å². The van der Waals surface area contributed by atoms with Crippen LogP contribution in [0.5, 0.6) is 0 Å². The molecular formula is C11H23N. The highest BCUT2D eigenvalue weighted by Crippen LogP contribution is 2.12. The summed E-state index contributed by atoms with van der Waals surface area (Å²) in [5.74, 6) is 0.718. The second-order valence-corrected chi connectivity index (χ2v) is 3.80. The maximum absolute atomic E-state index is 3.35. The summed E-state index contributed by atoms with van der Waals surface area (Å²) < 4.78 is 0. The van der Waals surface area contributed by atoms with Crippen molar-refractivity contribution in [2.75, 3.05) is 7.05 Å². The van der Waals surface area contributed by atoms with Crippen molar-refractivity contribution in [3.63, 3.8) is 0 Å². The molecule has 1 atom stereocenters. The van der Waals surface area contributed by atoms with Gasteiger partial charge in [-0.05, 0) is 32.7 Å². The van der Waals surface area contributed by atoms with Crippen LogP contribution in [0.4, 0.5) is 0 Å². The SMILES string of the molecule is CC/C=C(/C)CC(NC)C(C)C. The largest absolute Gasteiger partial charge is 0.316 e. The number of allylic oxidation sites excluding steroid dienone is 1. The topological polar surface area (TPSA) is 12.0 Å². The van der Waals surface area contributed by atoms with E-state index in [2.05, 4.69) is 39.1 Å². The zero-order valence-electron chi connectivity index (χ0n) is 9.15. The van der Waals surface area contributed by atoms with E-state index >= 15 is 0 Å². The number of hydrogen-bond acceptors (Lipinski definition) is 1.